The maximum Gasteiger partial charge on any atom is 0.263 e. The van der Waals surface area contributed by atoms with Gasteiger partial charge in [0.1, 0.15) is 18.4 Å². The summed E-state index contributed by atoms with van der Waals surface area (Å²) in [6, 6.07) is 10.8. The maximum atomic E-state index is 13.1. The van der Waals surface area contributed by atoms with Gasteiger partial charge in [-0.1, -0.05) is 23.8 Å². The predicted octanol–water partition coefficient (Wildman–Crippen LogP) is 1.74. The second-order valence-electron chi connectivity index (χ2n) is 7.47. The van der Waals surface area contributed by atoms with Crippen LogP contribution in [0.1, 0.15) is 23.6 Å². The number of rotatable bonds is 6. The van der Waals surface area contributed by atoms with Crippen LogP contribution in [0.3, 0.4) is 0 Å². The van der Waals surface area contributed by atoms with Crippen molar-refractivity contribution in [2.45, 2.75) is 44.4 Å². The Balaban J connectivity index is 1.77. The van der Waals surface area contributed by atoms with Crippen molar-refractivity contribution in [1.29, 1.82) is 0 Å². The average Bonchev–Trinajstić information content (AvgIpc) is 2.74. The van der Waals surface area contributed by atoms with Gasteiger partial charge in [-0.05, 0) is 56.2 Å². The highest BCUT2D eigenvalue weighted by Gasteiger charge is 2.41. The fourth-order valence-corrected chi connectivity index (χ4v) is 5.22. The van der Waals surface area contributed by atoms with Gasteiger partial charge < -0.3 is 10.1 Å². The van der Waals surface area contributed by atoms with Crippen LogP contribution in [0, 0.1) is 13.8 Å². The molecule has 9 heteroatoms. The monoisotopic (exact) mass is 433 g/mol. The first kappa shape index (κ1) is 22.2. The molecule has 1 saturated heterocycles. The highest BCUT2D eigenvalue weighted by Crippen LogP contribution is 2.24. The molecule has 0 saturated carbocycles. The molecule has 3 N–H and O–H groups in total. The number of hydrogen-bond acceptors (Lipinski definition) is 6. The average molecular weight is 434 g/mol. The van der Waals surface area contributed by atoms with E-state index >= 15 is 0 Å². The summed E-state index contributed by atoms with van der Waals surface area (Å²) in [7, 11) is -3.93. The molecule has 2 atom stereocenters. The van der Waals surface area contributed by atoms with Gasteiger partial charge in [0.15, 0.2) is 0 Å². The molecule has 1 fully saturated rings. The van der Waals surface area contributed by atoms with E-state index in [0.717, 1.165) is 21.0 Å². The van der Waals surface area contributed by atoms with Crippen molar-refractivity contribution in [3.63, 3.8) is 0 Å². The van der Waals surface area contributed by atoms with E-state index < -0.39 is 28.0 Å². The van der Waals surface area contributed by atoms with E-state index in [1.54, 1.807) is 24.5 Å². The van der Waals surface area contributed by atoms with Crippen LogP contribution in [0.2, 0.25) is 0 Å². The Kier molecular flexibility index (Phi) is 6.77. The summed E-state index contributed by atoms with van der Waals surface area (Å²) in [5, 5.41) is 12.1. The van der Waals surface area contributed by atoms with E-state index in [1.807, 2.05) is 26.0 Å². The summed E-state index contributed by atoms with van der Waals surface area (Å²) in [6.45, 7) is 6.65. The van der Waals surface area contributed by atoms with Gasteiger partial charge in [0, 0.05) is 19.1 Å². The van der Waals surface area contributed by atoms with Gasteiger partial charge in [-0.25, -0.2) is 13.9 Å². The van der Waals surface area contributed by atoms with Crippen LogP contribution in [-0.4, -0.2) is 49.0 Å². The van der Waals surface area contributed by atoms with Crippen LogP contribution in [-0.2, 0) is 21.4 Å². The number of amides is 1. The number of carbonyl (C=O) groups is 1. The third-order valence-corrected chi connectivity index (χ3v) is 7.19. The Labute approximate surface area is 176 Å². The second-order valence-corrected chi connectivity index (χ2v) is 9.36. The Hall–Kier alpha value is -2.46. The highest BCUT2D eigenvalue weighted by molar-refractivity contribution is 7.89. The molecule has 8 nitrogen and oxygen atoms in total. The molecule has 0 aliphatic carbocycles. The Bertz CT molecular complexity index is 1010. The summed E-state index contributed by atoms with van der Waals surface area (Å²) in [5.74, 6) is -0.222. The minimum absolute atomic E-state index is 0.0615. The van der Waals surface area contributed by atoms with Crippen molar-refractivity contribution in [3.05, 3.63) is 59.2 Å². The predicted molar refractivity (Wildman–Crippen MR) is 112 cm³/mol. The number of aryl methyl sites for hydroxylation is 2. The fourth-order valence-electron chi connectivity index (χ4n) is 3.56. The highest BCUT2D eigenvalue weighted by atomic mass is 32.2. The van der Waals surface area contributed by atoms with Crippen molar-refractivity contribution in [1.82, 2.24) is 15.1 Å². The SMILES string of the molecule is Cc1ccc(C)c(COc2ccc(S(=O)(=O)N3CCNC(C)C3C(=O)NO)cc2)c1. The van der Waals surface area contributed by atoms with E-state index in [4.69, 9.17) is 9.94 Å². The molecule has 2 aromatic carbocycles. The number of ether oxygens (including phenoxy) is 1. The van der Waals surface area contributed by atoms with Crippen LogP contribution in [0.4, 0.5) is 0 Å². The van der Waals surface area contributed by atoms with E-state index in [2.05, 4.69) is 11.4 Å². The number of sulfonamides is 1. The zero-order valence-electron chi connectivity index (χ0n) is 17.3. The van der Waals surface area contributed by atoms with Crippen molar-refractivity contribution in [3.8, 4) is 5.75 Å². The lowest BCUT2D eigenvalue weighted by Crippen LogP contribution is -2.63. The molecular formula is C21H27N3O5S. The van der Waals surface area contributed by atoms with Crippen molar-refractivity contribution in [2.24, 2.45) is 0 Å². The lowest BCUT2D eigenvalue weighted by Gasteiger charge is -2.37. The lowest BCUT2D eigenvalue weighted by molar-refractivity contribution is -0.134. The number of nitrogens with one attached hydrogen (secondary N) is 2. The Morgan fingerprint density at radius 1 is 1.23 bits per heavy atom. The van der Waals surface area contributed by atoms with Gasteiger partial charge in [0.05, 0.1) is 4.90 Å². The zero-order chi connectivity index (χ0) is 21.9. The van der Waals surface area contributed by atoms with Gasteiger partial charge in [0.25, 0.3) is 5.91 Å². The van der Waals surface area contributed by atoms with Gasteiger partial charge in [-0.2, -0.15) is 4.31 Å². The smallest absolute Gasteiger partial charge is 0.263 e. The van der Waals surface area contributed by atoms with Crippen LogP contribution in [0.25, 0.3) is 0 Å². The first-order valence-electron chi connectivity index (χ1n) is 9.72. The summed E-state index contributed by atoms with van der Waals surface area (Å²) in [6.07, 6.45) is 0. The summed E-state index contributed by atoms with van der Waals surface area (Å²) in [5.41, 5.74) is 4.90. The molecule has 1 aliphatic rings. The number of hydroxylamine groups is 1. The minimum Gasteiger partial charge on any atom is -0.489 e. The summed E-state index contributed by atoms with van der Waals surface area (Å²) in [4.78, 5) is 12.1. The Morgan fingerprint density at radius 2 is 1.93 bits per heavy atom. The number of benzene rings is 2. The minimum atomic E-state index is -3.93. The molecule has 0 radical (unpaired) electrons. The molecule has 0 spiro atoms. The van der Waals surface area contributed by atoms with Crippen LogP contribution in [0.15, 0.2) is 47.4 Å². The van der Waals surface area contributed by atoms with Gasteiger partial charge in [-0.15, -0.1) is 0 Å². The van der Waals surface area contributed by atoms with Crippen LogP contribution >= 0.6 is 0 Å². The molecule has 0 bridgehead atoms. The van der Waals surface area contributed by atoms with E-state index in [9.17, 15) is 13.2 Å². The van der Waals surface area contributed by atoms with Crippen molar-refractivity contribution in [2.75, 3.05) is 13.1 Å². The Morgan fingerprint density at radius 3 is 2.60 bits per heavy atom. The third kappa shape index (κ3) is 4.65. The fraction of sp³-hybridized carbons (Fsp3) is 0.381. The molecule has 0 aromatic heterocycles. The molecular weight excluding hydrogens is 406 g/mol. The van der Waals surface area contributed by atoms with Crippen LogP contribution < -0.4 is 15.5 Å². The standard InChI is InChI=1S/C21H27N3O5S/c1-14-4-5-15(2)17(12-14)13-29-18-6-8-19(9-7-18)30(27,28)24-11-10-22-16(3)20(24)21(25)23-26/h4-9,12,16,20,22,26H,10-11,13H2,1-3H3,(H,23,25). The zero-order valence-corrected chi connectivity index (χ0v) is 18.1. The van der Waals surface area contributed by atoms with E-state index in [1.165, 1.54) is 12.1 Å². The number of piperazine rings is 1. The quantitative estimate of drug-likeness (QED) is 0.473. The first-order chi connectivity index (χ1) is 14.2. The maximum absolute atomic E-state index is 13.1. The molecule has 2 aromatic rings. The summed E-state index contributed by atoms with van der Waals surface area (Å²) < 4.78 is 33.2. The number of hydrogen-bond donors (Lipinski definition) is 3. The molecule has 1 amide bonds. The van der Waals surface area contributed by atoms with Gasteiger partial charge >= 0.3 is 0 Å². The molecule has 1 aliphatic heterocycles. The molecule has 1 heterocycles. The molecule has 2 unspecified atom stereocenters. The lowest BCUT2D eigenvalue weighted by atomic mass is 10.1. The molecule has 3 rings (SSSR count). The molecule has 30 heavy (non-hydrogen) atoms. The van der Waals surface area contributed by atoms with E-state index in [0.29, 0.717) is 18.9 Å². The normalized spacial score (nSPS) is 20.0. The largest absolute Gasteiger partial charge is 0.489 e. The topological polar surface area (TPSA) is 108 Å². The van der Waals surface area contributed by atoms with Gasteiger partial charge in [-0.3, -0.25) is 10.0 Å². The van der Waals surface area contributed by atoms with Crippen molar-refractivity contribution < 1.29 is 23.2 Å². The number of carbonyl (C=O) groups excluding carboxylic acids is 1. The van der Waals surface area contributed by atoms with Gasteiger partial charge in [0.2, 0.25) is 10.0 Å². The second kappa shape index (κ2) is 9.13. The summed E-state index contributed by atoms with van der Waals surface area (Å²) >= 11 is 0. The third-order valence-electron chi connectivity index (χ3n) is 5.29. The van der Waals surface area contributed by atoms with Crippen LogP contribution in [0.5, 0.6) is 5.75 Å². The number of nitrogens with zero attached hydrogens (tertiary/aromatic N) is 1. The first-order valence-corrected chi connectivity index (χ1v) is 11.2. The molecule has 162 valence electrons. The van der Waals surface area contributed by atoms with E-state index in [-0.39, 0.29) is 11.4 Å². The van der Waals surface area contributed by atoms with Crippen molar-refractivity contribution >= 4 is 15.9 Å².